The Balaban J connectivity index is 2.30. The summed E-state index contributed by atoms with van der Waals surface area (Å²) in [5.74, 6) is -2.47. The van der Waals surface area contributed by atoms with E-state index in [-0.39, 0.29) is 12.3 Å². The molecule has 0 saturated heterocycles. The first-order valence-electron chi connectivity index (χ1n) is 12.6. The lowest BCUT2D eigenvalue weighted by Crippen LogP contribution is -2.59. The van der Waals surface area contributed by atoms with Gasteiger partial charge in [0.2, 0.25) is 17.7 Å². The third kappa shape index (κ3) is 9.03. The lowest BCUT2D eigenvalue weighted by atomic mass is 10.0. The molecule has 0 bridgehead atoms. The fraction of sp³-hybridized carbons (Fsp3) is 0.538. The molecule has 0 saturated carbocycles. The minimum atomic E-state index is -1.56. The van der Waals surface area contributed by atoms with E-state index in [1.54, 1.807) is 6.20 Å². The van der Waals surface area contributed by atoms with Crippen molar-refractivity contribution in [1.82, 2.24) is 20.9 Å². The molecule has 5 unspecified atom stereocenters. The fourth-order valence-electron chi connectivity index (χ4n) is 4.04. The predicted molar refractivity (Wildman–Crippen MR) is 148 cm³/mol. The van der Waals surface area contributed by atoms with E-state index in [0.29, 0.717) is 18.6 Å². The van der Waals surface area contributed by atoms with Crippen molar-refractivity contribution in [3.63, 3.8) is 0 Å². The highest BCUT2D eigenvalue weighted by molar-refractivity contribution is 7.98. The van der Waals surface area contributed by atoms with Gasteiger partial charge in [0.25, 0.3) is 0 Å². The third-order valence-electron chi connectivity index (χ3n) is 6.08. The number of benzene rings is 1. The van der Waals surface area contributed by atoms with Crippen LogP contribution in [0.25, 0.3) is 10.9 Å². The molecule has 38 heavy (non-hydrogen) atoms. The molecule has 12 heteroatoms. The van der Waals surface area contributed by atoms with E-state index in [4.69, 9.17) is 5.73 Å². The van der Waals surface area contributed by atoms with E-state index in [0.717, 1.165) is 16.5 Å². The topological polar surface area (TPSA) is 187 Å². The smallest absolute Gasteiger partial charge is 0.328 e. The standard InChI is InChI=1S/C26H39N5O6S/c1-14(2)11-18(27)23(33)29-20(9-10-38-4)24(34)30-21(25(35)31-22(15(3)32)26(36)37)12-16-13-28-19-8-6-5-7-17(16)19/h5-8,13-15,18,20-22,28,32H,9-12,27H2,1-4H3,(H,29,33)(H,30,34)(H,31,35)(H,36,37). The zero-order chi connectivity index (χ0) is 28.4. The van der Waals surface area contributed by atoms with Crippen molar-refractivity contribution in [3.8, 4) is 0 Å². The second kappa shape index (κ2) is 14.7. The SMILES string of the molecule is CSCCC(NC(=O)C(N)CC(C)C)C(=O)NC(Cc1c[nH]c2ccccc12)C(=O)NC(C(=O)O)C(C)O. The summed E-state index contributed by atoms with van der Waals surface area (Å²) in [6, 6.07) is 2.96. The number of hydrogen-bond acceptors (Lipinski definition) is 7. The molecular weight excluding hydrogens is 510 g/mol. The van der Waals surface area contributed by atoms with Crippen molar-refractivity contribution < 1.29 is 29.4 Å². The number of carboxylic acid groups (broad SMARTS) is 1. The van der Waals surface area contributed by atoms with Crippen molar-refractivity contribution in [3.05, 3.63) is 36.0 Å². The van der Waals surface area contributed by atoms with Gasteiger partial charge in [0, 0.05) is 23.5 Å². The Labute approximate surface area is 226 Å². The van der Waals surface area contributed by atoms with Gasteiger partial charge >= 0.3 is 5.97 Å². The summed E-state index contributed by atoms with van der Waals surface area (Å²) in [6.45, 7) is 5.13. The van der Waals surface area contributed by atoms with Crippen LogP contribution in [-0.4, -0.2) is 81.2 Å². The Hall–Kier alpha value is -3.09. The molecule has 0 aliphatic carbocycles. The molecule has 1 heterocycles. The summed E-state index contributed by atoms with van der Waals surface area (Å²) >= 11 is 1.50. The Morgan fingerprint density at radius 1 is 1.00 bits per heavy atom. The number of aliphatic hydroxyl groups excluding tert-OH is 1. The monoisotopic (exact) mass is 549 g/mol. The van der Waals surface area contributed by atoms with Crippen molar-refractivity contribution in [2.75, 3.05) is 12.0 Å². The summed E-state index contributed by atoms with van der Waals surface area (Å²) in [7, 11) is 0. The van der Waals surface area contributed by atoms with Gasteiger partial charge in [0.1, 0.15) is 12.1 Å². The molecule has 8 N–H and O–H groups in total. The minimum absolute atomic E-state index is 0.0454. The maximum absolute atomic E-state index is 13.4. The molecule has 1 aromatic heterocycles. The Morgan fingerprint density at radius 3 is 2.24 bits per heavy atom. The van der Waals surface area contributed by atoms with Crippen LogP contribution >= 0.6 is 11.8 Å². The van der Waals surface area contributed by atoms with Crippen LogP contribution in [0.4, 0.5) is 0 Å². The molecule has 0 spiro atoms. The number of carbonyl (C=O) groups is 4. The number of amides is 3. The van der Waals surface area contributed by atoms with Gasteiger partial charge in [-0.05, 0) is 49.3 Å². The quantitative estimate of drug-likeness (QED) is 0.170. The zero-order valence-corrected chi connectivity index (χ0v) is 23.0. The van der Waals surface area contributed by atoms with Gasteiger partial charge in [0.05, 0.1) is 12.1 Å². The maximum atomic E-state index is 13.4. The normalized spacial score (nSPS) is 15.3. The first-order chi connectivity index (χ1) is 17.9. The molecule has 3 amide bonds. The van der Waals surface area contributed by atoms with Crippen molar-refractivity contribution in [2.45, 2.75) is 70.3 Å². The van der Waals surface area contributed by atoms with E-state index < -0.39 is 54.0 Å². The number of para-hydroxylation sites is 1. The lowest BCUT2D eigenvalue weighted by molar-refractivity contribution is -0.145. The number of aliphatic carboxylic acids is 1. The van der Waals surface area contributed by atoms with Gasteiger partial charge in [0.15, 0.2) is 6.04 Å². The van der Waals surface area contributed by atoms with Gasteiger partial charge in [-0.3, -0.25) is 14.4 Å². The van der Waals surface area contributed by atoms with Gasteiger partial charge < -0.3 is 36.9 Å². The summed E-state index contributed by atoms with van der Waals surface area (Å²) in [5, 5.41) is 27.8. The molecule has 0 radical (unpaired) electrons. The number of nitrogens with two attached hydrogens (primary N) is 1. The average molecular weight is 550 g/mol. The number of aliphatic hydroxyl groups is 1. The van der Waals surface area contributed by atoms with Crippen LogP contribution in [-0.2, 0) is 25.6 Å². The summed E-state index contributed by atoms with van der Waals surface area (Å²) in [4.78, 5) is 53.9. The van der Waals surface area contributed by atoms with Crippen LogP contribution in [0, 0.1) is 5.92 Å². The predicted octanol–water partition coefficient (Wildman–Crippen LogP) is 0.757. The van der Waals surface area contributed by atoms with Gasteiger partial charge in [-0.25, -0.2) is 4.79 Å². The number of H-pyrrole nitrogens is 1. The van der Waals surface area contributed by atoms with Crippen molar-refractivity contribution in [1.29, 1.82) is 0 Å². The van der Waals surface area contributed by atoms with Crippen molar-refractivity contribution in [2.24, 2.45) is 11.7 Å². The number of rotatable bonds is 15. The summed E-state index contributed by atoms with van der Waals surface area (Å²) in [6.07, 6.45) is 3.03. The molecule has 2 aromatic rings. The first kappa shape index (κ1) is 31.1. The lowest BCUT2D eigenvalue weighted by Gasteiger charge is -2.26. The van der Waals surface area contributed by atoms with E-state index in [1.165, 1.54) is 18.7 Å². The minimum Gasteiger partial charge on any atom is -0.480 e. The Morgan fingerprint density at radius 2 is 1.63 bits per heavy atom. The van der Waals surface area contributed by atoms with Crippen molar-refractivity contribution >= 4 is 46.4 Å². The molecule has 0 aliphatic rings. The third-order valence-corrected chi connectivity index (χ3v) is 6.73. The number of thioether (sulfide) groups is 1. The summed E-state index contributed by atoms with van der Waals surface area (Å²) < 4.78 is 0. The Bertz CT molecular complexity index is 1100. The van der Waals surface area contributed by atoms with Crippen LogP contribution in [0.15, 0.2) is 30.5 Å². The van der Waals surface area contributed by atoms with E-state index in [2.05, 4.69) is 20.9 Å². The average Bonchev–Trinajstić information content (AvgIpc) is 3.26. The van der Waals surface area contributed by atoms with Gasteiger partial charge in [-0.1, -0.05) is 32.0 Å². The number of aromatic nitrogens is 1. The molecule has 1 aromatic carbocycles. The fourth-order valence-corrected chi connectivity index (χ4v) is 4.51. The van der Waals surface area contributed by atoms with Gasteiger partial charge in [-0.2, -0.15) is 11.8 Å². The second-order valence-corrected chi connectivity index (χ2v) is 10.8. The van der Waals surface area contributed by atoms with Crippen LogP contribution < -0.4 is 21.7 Å². The highest BCUT2D eigenvalue weighted by atomic mass is 32.2. The zero-order valence-electron chi connectivity index (χ0n) is 22.2. The number of aromatic amines is 1. The molecule has 0 aliphatic heterocycles. The summed E-state index contributed by atoms with van der Waals surface area (Å²) in [5.41, 5.74) is 7.57. The van der Waals surface area contributed by atoms with Crippen LogP contribution in [0.2, 0.25) is 0 Å². The molecule has 11 nitrogen and oxygen atoms in total. The van der Waals surface area contributed by atoms with Crippen LogP contribution in [0.1, 0.15) is 39.2 Å². The maximum Gasteiger partial charge on any atom is 0.328 e. The van der Waals surface area contributed by atoms with E-state index in [9.17, 15) is 29.4 Å². The van der Waals surface area contributed by atoms with E-state index >= 15 is 0 Å². The number of hydrogen-bond donors (Lipinski definition) is 7. The number of carboxylic acids is 1. The molecule has 210 valence electrons. The number of nitrogens with one attached hydrogen (secondary N) is 4. The first-order valence-corrected chi connectivity index (χ1v) is 13.9. The van der Waals surface area contributed by atoms with Crippen LogP contribution in [0.3, 0.4) is 0 Å². The largest absolute Gasteiger partial charge is 0.480 e. The highest BCUT2D eigenvalue weighted by Gasteiger charge is 2.32. The molecule has 0 fully saturated rings. The molecule has 5 atom stereocenters. The van der Waals surface area contributed by atoms with E-state index in [1.807, 2.05) is 44.4 Å². The molecular formula is C26H39N5O6S. The van der Waals surface area contributed by atoms with Gasteiger partial charge in [-0.15, -0.1) is 0 Å². The second-order valence-electron chi connectivity index (χ2n) is 9.77. The number of fused-ring (bicyclic) bond motifs is 1. The molecule has 2 rings (SSSR count). The highest BCUT2D eigenvalue weighted by Crippen LogP contribution is 2.19. The number of carbonyl (C=O) groups excluding carboxylic acids is 3. The van der Waals surface area contributed by atoms with Crippen LogP contribution in [0.5, 0.6) is 0 Å². The Kier molecular flexibility index (Phi) is 12.1.